The molecule has 7 aromatic rings. The van der Waals surface area contributed by atoms with Crippen molar-refractivity contribution in [3.63, 3.8) is 0 Å². The molecule has 0 amide bonds. The number of hydrogen-bond donors (Lipinski definition) is 1. The van der Waals surface area contributed by atoms with Crippen molar-refractivity contribution < 1.29 is 62.1 Å². The first kappa shape index (κ1) is 95.5. The number of aliphatic hydroxyl groups is 1. The van der Waals surface area contributed by atoms with E-state index in [0.29, 0.717) is 65.3 Å². The fraction of sp³-hybridized carbons (Fsp3) is 0.550. The Bertz CT molecular complexity index is 4000. The fourth-order valence-electron chi connectivity index (χ4n) is 14.0. The van der Waals surface area contributed by atoms with E-state index in [-0.39, 0.29) is 41.7 Å². The van der Waals surface area contributed by atoms with E-state index in [4.69, 9.17) is 42.6 Å². The SMILES string of the molecule is CC1Cc2cc(OC(=O)OC(C)(C)C)ccc2C1C.CC1Cc2cc(OC(C)(C)C3CCCCC3)ccc2C1C.CCC(C)c1ccc(OC(=O)OC(C)(C)C)c(C(C)=O)c1.CCC(C)c1ccc(OC(C)c2ccccc2)c(CO)c1.CCC(C)c1cccc(OC(C)(C)C)c1.CCOC(C)Oc1ccc(C(C)CC)cc1. The highest BCUT2D eigenvalue weighted by Crippen LogP contribution is 2.43. The van der Waals surface area contributed by atoms with E-state index in [1.807, 2.05) is 102 Å². The smallest absolute Gasteiger partial charge is 0.488 e. The molecule has 10 unspecified atom stereocenters. The number of ketones is 1. The van der Waals surface area contributed by atoms with Gasteiger partial charge in [-0.05, 0) is 331 Å². The van der Waals surface area contributed by atoms with Crippen LogP contribution in [0.4, 0.5) is 9.59 Å². The van der Waals surface area contributed by atoms with E-state index in [1.54, 1.807) is 32.9 Å². The molecule has 0 radical (unpaired) electrons. The zero-order valence-electron chi connectivity index (χ0n) is 74.3. The van der Waals surface area contributed by atoms with Crippen molar-refractivity contribution in [2.24, 2.45) is 17.8 Å². The molecule has 3 aliphatic carbocycles. The minimum Gasteiger partial charge on any atom is -0.488 e. The summed E-state index contributed by atoms with van der Waals surface area (Å²) in [7, 11) is 0. The van der Waals surface area contributed by atoms with Crippen molar-refractivity contribution in [1.29, 1.82) is 0 Å². The zero-order chi connectivity index (χ0) is 84.1. The van der Waals surface area contributed by atoms with E-state index < -0.39 is 23.5 Å². The third-order valence-corrected chi connectivity index (χ3v) is 21.9. The maximum Gasteiger partial charge on any atom is 0.514 e. The summed E-state index contributed by atoms with van der Waals surface area (Å²) < 4.78 is 49.9. The lowest BCUT2D eigenvalue weighted by Gasteiger charge is -2.37. The predicted molar refractivity (Wildman–Crippen MR) is 465 cm³/mol. The number of fused-ring (bicyclic) bond motifs is 2. The van der Waals surface area contributed by atoms with Gasteiger partial charge in [-0.2, -0.15) is 0 Å². The molecule has 1 N–H and O–H groups in total. The number of ether oxygens (including phenoxy) is 9. The van der Waals surface area contributed by atoms with E-state index in [1.165, 1.54) is 90.8 Å². The second-order valence-electron chi connectivity index (χ2n) is 35.1. The van der Waals surface area contributed by atoms with Crippen molar-refractivity contribution >= 4 is 18.1 Å². The van der Waals surface area contributed by atoms with Gasteiger partial charge in [0.1, 0.15) is 63.0 Å². The minimum atomic E-state index is -0.804. The van der Waals surface area contributed by atoms with Crippen LogP contribution >= 0.6 is 0 Å². The third-order valence-electron chi connectivity index (χ3n) is 21.9. The number of hydrogen-bond acceptors (Lipinski definition) is 13. The molecule has 0 aliphatic heterocycles. The molecule has 10 rings (SSSR count). The van der Waals surface area contributed by atoms with Crippen LogP contribution in [0.25, 0.3) is 0 Å². The van der Waals surface area contributed by atoms with Gasteiger partial charge >= 0.3 is 12.3 Å². The molecule has 13 heteroatoms. The maximum atomic E-state index is 11.8. The van der Waals surface area contributed by atoms with Crippen LogP contribution in [0.3, 0.4) is 0 Å². The first-order valence-corrected chi connectivity index (χ1v) is 42.1. The Hall–Kier alpha value is -8.13. The van der Waals surface area contributed by atoms with Crippen LogP contribution in [-0.4, -0.2) is 58.5 Å². The van der Waals surface area contributed by atoms with Gasteiger partial charge in [-0.3, -0.25) is 4.79 Å². The van der Waals surface area contributed by atoms with Gasteiger partial charge in [-0.1, -0.05) is 181 Å². The van der Waals surface area contributed by atoms with E-state index in [0.717, 1.165) is 71.3 Å². The number of benzene rings is 7. The van der Waals surface area contributed by atoms with Crippen LogP contribution in [0, 0.1) is 17.8 Å². The van der Waals surface area contributed by atoms with Gasteiger partial charge < -0.3 is 47.7 Å². The summed E-state index contributed by atoms with van der Waals surface area (Å²) in [6.45, 7) is 56.2. The average molecular weight is 1550 g/mol. The highest BCUT2D eigenvalue weighted by Gasteiger charge is 2.34. The Labute approximate surface area is 682 Å². The molecule has 113 heavy (non-hydrogen) atoms. The Kier molecular flexibility index (Phi) is 38.2. The van der Waals surface area contributed by atoms with Gasteiger partial charge in [0.05, 0.1) is 12.2 Å². The van der Waals surface area contributed by atoms with Gasteiger partial charge in [0, 0.05) is 12.2 Å². The third kappa shape index (κ3) is 32.2. The number of Topliss-reactive ketones (excluding diaryl/α,β-unsaturated/α-hetero) is 1. The van der Waals surface area contributed by atoms with Crippen molar-refractivity contribution in [3.05, 3.63) is 213 Å². The summed E-state index contributed by atoms with van der Waals surface area (Å²) in [6, 6.07) is 50.9. The van der Waals surface area contributed by atoms with Gasteiger partial charge in [-0.25, -0.2) is 9.59 Å². The largest absolute Gasteiger partial charge is 0.514 e. The zero-order valence-corrected chi connectivity index (χ0v) is 74.3. The normalized spacial score (nSPS) is 17.4. The van der Waals surface area contributed by atoms with Gasteiger partial charge in [0.25, 0.3) is 0 Å². The molecule has 622 valence electrons. The van der Waals surface area contributed by atoms with Crippen LogP contribution in [0.15, 0.2) is 152 Å². The molecule has 0 bridgehead atoms. The Morgan fingerprint density at radius 3 is 1.39 bits per heavy atom. The predicted octanol–water partition coefficient (Wildman–Crippen LogP) is 27.9. The van der Waals surface area contributed by atoms with E-state index >= 15 is 0 Å². The molecule has 13 nitrogen and oxygen atoms in total. The number of aliphatic hydroxyl groups excluding tert-OH is 1. The molecule has 1 saturated carbocycles. The van der Waals surface area contributed by atoms with Crippen LogP contribution in [-0.2, 0) is 33.7 Å². The summed E-state index contributed by atoms with van der Waals surface area (Å²) in [5, 5.41) is 9.60. The number of carbonyl (C=O) groups excluding carboxylic acids is 3. The summed E-state index contributed by atoms with van der Waals surface area (Å²) in [5.41, 5.74) is 11.8. The molecule has 10 atom stereocenters. The summed E-state index contributed by atoms with van der Waals surface area (Å²) in [6.07, 6.45) is 11.8. The van der Waals surface area contributed by atoms with Gasteiger partial charge in [0.2, 0.25) is 0 Å². The van der Waals surface area contributed by atoms with Crippen molar-refractivity contribution in [2.45, 2.75) is 334 Å². The highest BCUT2D eigenvalue weighted by atomic mass is 16.7. The topological polar surface area (TPSA) is 155 Å². The molecular weight excluding hydrogens is 1410 g/mol. The van der Waals surface area contributed by atoms with Crippen molar-refractivity contribution in [1.82, 2.24) is 0 Å². The molecule has 0 heterocycles. The van der Waals surface area contributed by atoms with Crippen LogP contribution in [0.2, 0.25) is 0 Å². The van der Waals surface area contributed by atoms with Crippen molar-refractivity contribution in [2.75, 3.05) is 6.61 Å². The Balaban J connectivity index is 0.000000243. The molecule has 7 aromatic carbocycles. The maximum absolute atomic E-state index is 11.8. The Morgan fingerprint density at radius 1 is 0.442 bits per heavy atom. The molecule has 1 fully saturated rings. The highest BCUT2D eigenvalue weighted by molar-refractivity contribution is 5.97. The summed E-state index contributed by atoms with van der Waals surface area (Å²) in [4.78, 5) is 35.1. The molecular formula is C100H144O13. The summed E-state index contributed by atoms with van der Waals surface area (Å²) >= 11 is 0. The fourth-order valence-corrected chi connectivity index (χ4v) is 14.0. The van der Waals surface area contributed by atoms with Crippen LogP contribution < -0.4 is 28.4 Å². The van der Waals surface area contributed by atoms with Gasteiger partial charge in [0.15, 0.2) is 12.1 Å². The second kappa shape index (κ2) is 45.2. The van der Waals surface area contributed by atoms with Gasteiger partial charge in [-0.15, -0.1) is 0 Å². The minimum absolute atomic E-state index is 0.00111. The molecule has 0 spiro atoms. The number of carbonyl (C=O) groups is 3. The summed E-state index contributed by atoms with van der Waals surface area (Å²) in [5.74, 6) is 9.79. The lowest BCUT2D eigenvalue weighted by atomic mass is 9.79. The number of rotatable bonds is 23. The quantitative estimate of drug-likeness (QED) is 0.0280. The van der Waals surface area contributed by atoms with E-state index in [9.17, 15) is 19.5 Å². The molecule has 0 saturated heterocycles. The lowest BCUT2D eigenvalue weighted by molar-refractivity contribution is -0.0613. The first-order valence-electron chi connectivity index (χ1n) is 42.1. The molecule has 0 aromatic heterocycles. The average Bonchev–Trinajstić information content (AvgIpc) is 1.64. The van der Waals surface area contributed by atoms with Crippen LogP contribution in [0.1, 0.15) is 352 Å². The lowest BCUT2D eigenvalue weighted by Crippen LogP contribution is -2.38. The second-order valence-corrected chi connectivity index (χ2v) is 35.1. The standard InChI is InChI=1S/C20H30O.C19H24O2.C17H24O4.C16H22O3.C14H22O2.C14H22O/c1-14-12-16-13-18(10-11-19(16)15(14)2)21-20(3,4)17-8-6-5-7-9-17;1-4-14(2)17-10-11-19(18(12-17)13-20)21-15(3)16-8-6-5-7-9-16;1-7-11(2)13-8-9-15(14(10-13)12(3)18)20-16(19)21-17(4,5)6;1-10-8-12-9-13(6-7-14(12)11(10)2)18-15(17)19-16(3,4)5;1-5-11(3)13-7-9-14(10-8-13)16-12(4)15-6-2;1-6-11(2)12-8-7-9-13(10-12)15-14(3,4)5/h10-11,13-15,17H,5-9,12H2,1-4H3;5-12,14-15,20H,4,13H2,1-3H3;8-11H,7H2,1-6H3;6-7,9-11H,8H2,1-5H3;7-12H,5-6H2,1-4H3;7-11H,6H2,1-5H3. The Morgan fingerprint density at radius 2 is 0.894 bits per heavy atom. The monoisotopic (exact) mass is 1550 g/mol. The van der Waals surface area contributed by atoms with Crippen LogP contribution in [0.5, 0.6) is 34.5 Å². The van der Waals surface area contributed by atoms with E-state index in [2.05, 4.69) is 197 Å². The first-order chi connectivity index (χ1) is 53.1. The molecule has 3 aliphatic rings. The van der Waals surface area contributed by atoms with Crippen molar-refractivity contribution in [3.8, 4) is 34.5 Å².